The van der Waals surface area contributed by atoms with E-state index in [1.807, 2.05) is 0 Å². The summed E-state index contributed by atoms with van der Waals surface area (Å²) in [5.41, 5.74) is 3.71. The predicted molar refractivity (Wildman–Crippen MR) is 121 cm³/mol. The quantitative estimate of drug-likeness (QED) is 0.486. The number of hydrogen-bond donors (Lipinski definition) is 1. The Kier molecular flexibility index (Phi) is 7.46. The second kappa shape index (κ2) is 9.50. The van der Waals surface area contributed by atoms with E-state index in [1.165, 1.54) is 37.7 Å². The van der Waals surface area contributed by atoms with Crippen LogP contribution in [0.3, 0.4) is 0 Å². The molecular weight excluding hydrogens is 359 g/mol. The largest absolute Gasteiger partial charge is 0.393 e. The summed E-state index contributed by atoms with van der Waals surface area (Å²) < 4.78 is 14.9. The molecule has 3 saturated carbocycles. The highest BCUT2D eigenvalue weighted by Gasteiger charge is 2.52. The minimum Gasteiger partial charge on any atom is -0.393 e. The highest BCUT2D eigenvalue weighted by molar-refractivity contribution is 5.36. The molecule has 3 fully saturated rings. The van der Waals surface area contributed by atoms with Crippen molar-refractivity contribution in [3.05, 3.63) is 35.5 Å². The Bertz CT molecular complexity index is 645. The lowest BCUT2D eigenvalue weighted by Crippen LogP contribution is -2.39. The van der Waals surface area contributed by atoms with Crippen molar-refractivity contribution in [2.75, 3.05) is 0 Å². The lowest BCUT2D eigenvalue weighted by atomic mass is 9.60. The maximum Gasteiger partial charge on any atom is 0.104 e. The Morgan fingerprint density at radius 3 is 2.62 bits per heavy atom. The van der Waals surface area contributed by atoms with E-state index >= 15 is 0 Å². The average Bonchev–Trinajstić information content (AvgIpc) is 2.98. The van der Waals surface area contributed by atoms with Gasteiger partial charge in [-0.3, -0.25) is 0 Å². The van der Waals surface area contributed by atoms with Gasteiger partial charge in [0.05, 0.1) is 6.10 Å². The van der Waals surface area contributed by atoms with Crippen molar-refractivity contribution in [3.8, 4) is 0 Å². The second-order valence-corrected chi connectivity index (χ2v) is 11.0. The summed E-state index contributed by atoms with van der Waals surface area (Å²) in [4.78, 5) is 0. The van der Waals surface area contributed by atoms with Gasteiger partial charge in [-0.25, -0.2) is 4.39 Å². The highest BCUT2D eigenvalue weighted by Crippen LogP contribution is 2.60. The van der Waals surface area contributed by atoms with Crippen LogP contribution in [-0.4, -0.2) is 17.4 Å². The zero-order chi connectivity index (χ0) is 21.2. The van der Waals surface area contributed by atoms with Crippen LogP contribution in [0.5, 0.6) is 0 Å². The molecule has 1 N–H and O–H groups in total. The first kappa shape index (κ1) is 22.8. The molecule has 0 radical (unpaired) electrons. The molecular formula is C27H43FO. The van der Waals surface area contributed by atoms with Crippen LogP contribution in [0.4, 0.5) is 4.39 Å². The Morgan fingerprint density at radius 2 is 1.90 bits per heavy atom. The van der Waals surface area contributed by atoms with Gasteiger partial charge in [-0.05, 0) is 73.2 Å². The van der Waals surface area contributed by atoms with Gasteiger partial charge < -0.3 is 5.11 Å². The molecule has 0 aromatic carbocycles. The molecule has 164 valence electrons. The Balaban J connectivity index is 1.75. The number of aliphatic hydroxyl groups excluding tert-OH is 1. The second-order valence-electron chi connectivity index (χ2n) is 11.0. The van der Waals surface area contributed by atoms with Crippen molar-refractivity contribution in [2.45, 2.75) is 104 Å². The molecule has 3 rings (SSSR count). The van der Waals surface area contributed by atoms with E-state index in [9.17, 15) is 9.50 Å². The number of halogens is 1. The van der Waals surface area contributed by atoms with Crippen molar-refractivity contribution < 1.29 is 9.50 Å². The van der Waals surface area contributed by atoms with Crippen LogP contribution >= 0.6 is 0 Å². The molecule has 0 aromatic heterocycles. The van der Waals surface area contributed by atoms with Gasteiger partial charge in [0, 0.05) is 6.42 Å². The summed E-state index contributed by atoms with van der Waals surface area (Å²) in [6.07, 6.45) is 13.4. The monoisotopic (exact) mass is 402 g/mol. The van der Waals surface area contributed by atoms with Crippen molar-refractivity contribution in [2.24, 2.45) is 29.1 Å². The summed E-state index contributed by atoms with van der Waals surface area (Å²) in [5, 5.41) is 10.0. The molecule has 29 heavy (non-hydrogen) atoms. The van der Waals surface area contributed by atoms with Crippen LogP contribution in [-0.2, 0) is 0 Å². The van der Waals surface area contributed by atoms with E-state index in [4.69, 9.17) is 0 Å². The molecule has 0 saturated heterocycles. The smallest absolute Gasteiger partial charge is 0.104 e. The molecule has 3 aliphatic rings. The van der Waals surface area contributed by atoms with E-state index in [-0.39, 0.29) is 11.5 Å². The van der Waals surface area contributed by atoms with E-state index in [1.54, 1.807) is 0 Å². The number of aliphatic hydroxyl groups is 1. The molecule has 0 spiro atoms. The standard InChI is InChI=1S/C27H43FO/c1-18(2)7-6-8-20(4)25-13-14-26-22(15-23(28)17-27(25,26)5)11-10-21-16-24(29)12-9-19(21)3/h10-11,18,20,23-26,29H,3,6-9,12-17H2,1-2,4-5H3/b21-10+,22-11+/t20-,23?,24+,25-,26+,27-/m1/s1. The van der Waals surface area contributed by atoms with E-state index in [2.05, 4.69) is 46.4 Å². The molecule has 0 aliphatic heterocycles. The SMILES string of the molecule is C=C1CC[C@H](O)C/C1=C\C=C1/CC(F)C[C@]2(C)[C@@H]([C@H](C)CCCC(C)C)CC[C@@H]12. The van der Waals surface area contributed by atoms with E-state index < -0.39 is 6.17 Å². The minimum atomic E-state index is -0.718. The average molecular weight is 403 g/mol. The number of alkyl halides is 1. The normalized spacial score (nSPS) is 39.3. The topological polar surface area (TPSA) is 20.2 Å². The van der Waals surface area contributed by atoms with Crippen LogP contribution in [0.1, 0.15) is 91.9 Å². The lowest BCUT2D eigenvalue weighted by Gasteiger charge is -2.45. The van der Waals surface area contributed by atoms with Gasteiger partial charge in [-0.2, -0.15) is 0 Å². The van der Waals surface area contributed by atoms with Gasteiger partial charge in [-0.15, -0.1) is 0 Å². The van der Waals surface area contributed by atoms with Crippen LogP contribution < -0.4 is 0 Å². The van der Waals surface area contributed by atoms with Crippen LogP contribution in [0.25, 0.3) is 0 Å². The summed E-state index contributed by atoms with van der Waals surface area (Å²) in [7, 11) is 0. The lowest BCUT2D eigenvalue weighted by molar-refractivity contribution is 0.0523. The third-order valence-corrected chi connectivity index (χ3v) is 8.29. The summed E-state index contributed by atoms with van der Waals surface area (Å²) in [5.74, 6) is 2.61. The Morgan fingerprint density at radius 1 is 1.14 bits per heavy atom. The van der Waals surface area contributed by atoms with Crippen LogP contribution in [0, 0.1) is 29.1 Å². The fourth-order valence-corrected chi connectivity index (χ4v) is 6.68. The molecule has 0 amide bonds. The van der Waals surface area contributed by atoms with Gasteiger partial charge >= 0.3 is 0 Å². The van der Waals surface area contributed by atoms with Crippen LogP contribution in [0.2, 0.25) is 0 Å². The molecule has 0 bridgehead atoms. The maximum atomic E-state index is 14.9. The third-order valence-electron chi connectivity index (χ3n) is 8.29. The number of allylic oxidation sites excluding steroid dienone is 4. The Labute approximate surface area is 178 Å². The van der Waals surface area contributed by atoms with Crippen molar-refractivity contribution in [1.82, 2.24) is 0 Å². The van der Waals surface area contributed by atoms with E-state index in [0.29, 0.717) is 30.6 Å². The highest BCUT2D eigenvalue weighted by atomic mass is 19.1. The molecule has 0 heterocycles. The van der Waals surface area contributed by atoms with Gasteiger partial charge in [0.2, 0.25) is 0 Å². The van der Waals surface area contributed by atoms with Gasteiger partial charge in [0.25, 0.3) is 0 Å². The molecule has 1 nitrogen and oxygen atoms in total. The zero-order valence-corrected chi connectivity index (χ0v) is 19.2. The van der Waals surface area contributed by atoms with Gasteiger partial charge in [-0.1, -0.05) is 76.8 Å². The first-order valence-electron chi connectivity index (χ1n) is 12.1. The van der Waals surface area contributed by atoms with Gasteiger partial charge in [0.1, 0.15) is 6.17 Å². The van der Waals surface area contributed by atoms with Crippen molar-refractivity contribution >= 4 is 0 Å². The molecule has 2 heteroatoms. The first-order chi connectivity index (χ1) is 13.7. The number of hydrogen-bond acceptors (Lipinski definition) is 1. The first-order valence-corrected chi connectivity index (χ1v) is 12.1. The van der Waals surface area contributed by atoms with Crippen molar-refractivity contribution in [3.63, 3.8) is 0 Å². The fraction of sp³-hybridized carbons (Fsp3) is 0.778. The summed E-state index contributed by atoms with van der Waals surface area (Å²) >= 11 is 0. The molecule has 0 aromatic rings. The van der Waals surface area contributed by atoms with Crippen molar-refractivity contribution in [1.29, 1.82) is 0 Å². The molecule has 1 unspecified atom stereocenters. The predicted octanol–water partition coefficient (Wildman–Crippen LogP) is 7.57. The maximum absolute atomic E-state index is 14.9. The summed E-state index contributed by atoms with van der Waals surface area (Å²) in [6, 6.07) is 0. The molecule has 3 aliphatic carbocycles. The molecule has 6 atom stereocenters. The zero-order valence-electron chi connectivity index (χ0n) is 19.2. The van der Waals surface area contributed by atoms with Gasteiger partial charge in [0.15, 0.2) is 0 Å². The number of rotatable bonds is 6. The fourth-order valence-electron chi connectivity index (χ4n) is 6.68. The summed E-state index contributed by atoms with van der Waals surface area (Å²) in [6.45, 7) is 13.6. The number of fused-ring (bicyclic) bond motifs is 1. The Hall–Kier alpha value is -0.890. The van der Waals surface area contributed by atoms with E-state index in [0.717, 1.165) is 36.3 Å². The van der Waals surface area contributed by atoms with Crippen LogP contribution in [0.15, 0.2) is 35.5 Å². The third kappa shape index (κ3) is 5.24. The minimum absolute atomic E-state index is 0.0995.